The van der Waals surface area contributed by atoms with Crippen LogP contribution in [0.1, 0.15) is 57.8 Å². The highest BCUT2D eigenvalue weighted by molar-refractivity contribution is 8.27. The van der Waals surface area contributed by atoms with Gasteiger partial charge in [-0.25, -0.2) is 0 Å². The zero-order valence-electron chi connectivity index (χ0n) is 13.5. The van der Waals surface area contributed by atoms with E-state index in [2.05, 4.69) is 11.9 Å². The minimum Gasteiger partial charge on any atom is -0.341 e. The molecule has 2 aliphatic heterocycles. The third-order valence-corrected chi connectivity index (χ3v) is 8.13. The van der Waals surface area contributed by atoms with E-state index in [0.717, 1.165) is 39.9 Å². The molecule has 0 bridgehead atoms. The molecule has 0 aromatic heterocycles. The Labute approximate surface area is 151 Å². The molecule has 124 valence electrons. The molecule has 1 saturated heterocycles. The van der Waals surface area contributed by atoms with Crippen LogP contribution in [0.2, 0.25) is 0 Å². The molecular weight excluding hydrogens is 344 g/mol. The van der Waals surface area contributed by atoms with Crippen molar-refractivity contribution in [3.63, 3.8) is 0 Å². The lowest BCUT2D eigenvalue weighted by Gasteiger charge is -2.30. The normalized spacial score (nSPS) is 29.8. The topological polar surface area (TPSA) is 23.6 Å². The van der Waals surface area contributed by atoms with Gasteiger partial charge in [0.1, 0.15) is 9.23 Å². The van der Waals surface area contributed by atoms with E-state index in [9.17, 15) is 4.79 Å². The van der Waals surface area contributed by atoms with Crippen LogP contribution in [0, 0.1) is 0 Å². The third-order valence-electron chi connectivity index (χ3n) is 5.25. The van der Waals surface area contributed by atoms with Crippen molar-refractivity contribution in [3.8, 4) is 0 Å². The number of hydrogen-bond acceptors (Lipinski definition) is 5. The highest BCUT2D eigenvalue weighted by Crippen LogP contribution is 2.51. The quantitative estimate of drug-likeness (QED) is 0.489. The SMILES string of the molecule is CN1C2=C(CCCC2)S/C1=C1/SC(=S)N(C2CCCCC2)C1=O. The summed E-state index contributed by atoms with van der Waals surface area (Å²) in [5, 5.41) is 1.12. The lowest BCUT2D eigenvalue weighted by molar-refractivity contribution is -0.124. The minimum atomic E-state index is 0.154. The predicted octanol–water partition coefficient (Wildman–Crippen LogP) is 4.81. The number of nitrogens with zero attached hydrogens (tertiary/aromatic N) is 2. The number of thiocarbonyl (C=S) groups is 1. The zero-order valence-corrected chi connectivity index (χ0v) is 15.9. The summed E-state index contributed by atoms with van der Waals surface area (Å²) in [4.78, 5) is 19.6. The second-order valence-electron chi connectivity index (χ2n) is 6.71. The molecule has 0 unspecified atom stereocenters. The van der Waals surface area contributed by atoms with Gasteiger partial charge in [-0.15, -0.1) is 0 Å². The Morgan fingerprint density at radius 3 is 2.52 bits per heavy atom. The van der Waals surface area contributed by atoms with Gasteiger partial charge in [0.25, 0.3) is 5.91 Å². The Kier molecular flexibility index (Phi) is 4.50. The standard InChI is InChI=1S/C17H22N2OS3/c1-18-12-9-5-6-10-13(12)22-16(18)14-15(20)19(17(21)23-14)11-7-3-2-4-8-11/h11H,2-10H2,1H3/b16-14+. The summed E-state index contributed by atoms with van der Waals surface area (Å²) >= 11 is 8.90. The van der Waals surface area contributed by atoms with Crippen molar-refractivity contribution in [1.29, 1.82) is 0 Å². The van der Waals surface area contributed by atoms with Crippen LogP contribution in [-0.4, -0.2) is 33.1 Å². The van der Waals surface area contributed by atoms with E-state index in [1.165, 1.54) is 54.5 Å². The van der Waals surface area contributed by atoms with Gasteiger partial charge in [-0.2, -0.15) is 0 Å². The van der Waals surface area contributed by atoms with Crippen LogP contribution in [0.3, 0.4) is 0 Å². The van der Waals surface area contributed by atoms with E-state index in [0.29, 0.717) is 6.04 Å². The molecule has 2 aliphatic carbocycles. The predicted molar refractivity (Wildman–Crippen MR) is 102 cm³/mol. The largest absolute Gasteiger partial charge is 0.341 e. The number of carbonyl (C=O) groups is 1. The number of amides is 1. The fourth-order valence-electron chi connectivity index (χ4n) is 3.99. The first kappa shape index (κ1) is 16.0. The van der Waals surface area contributed by atoms with Crippen molar-refractivity contribution in [1.82, 2.24) is 9.80 Å². The Balaban J connectivity index is 1.61. The highest BCUT2D eigenvalue weighted by atomic mass is 32.2. The van der Waals surface area contributed by atoms with Crippen molar-refractivity contribution in [2.45, 2.75) is 63.8 Å². The molecule has 0 aromatic rings. The number of allylic oxidation sites excluding steroid dienone is 2. The lowest BCUT2D eigenvalue weighted by Crippen LogP contribution is -2.40. The molecule has 3 nitrogen and oxygen atoms in total. The van der Waals surface area contributed by atoms with Gasteiger partial charge in [0, 0.05) is 23.7 Å². The minimum absolute atomic E-state index is 0.154. The third kappa shape index (κ3) is 2.76. The second kappa shape index (κ2) is 6.45. The van der Waals surface area contributed by atoms with Gasteiger partial charge in [-0.05, 0) is 38.5 Å². The maximum Gasteiger partial charge on any atom is 0.269 e. The smallest absolute Gasteiger partial charge is 0.269 e. The average Bonchev–Trinajstić information content (AvgIpc) is 3.05. The van der Waals surface area contributed by atoms with Crippen LogP contribution in [0.15, 0.2) is 20.5 Å². The van der Waals surface area contributed by atoms with Crippen LogP contribution in [0.5, 0.6) is 0 Å². The van der Waals surface area contributed by atoms with Gasteiger partial charge in [0.15, 0.2) is 0 Å². The first-order chi connectivity index (χ1) is 11.2. The van der Waals surface area contributed by atoms with E-state index >= 15 is 0 Å². The Morgan fingerprint density at radius 1 is 1.04 bits per heavy atom. The fourth-order valence-corrected chi connectivity index (χ4v) is 6.91. The molecule has 4 rings (SSSR count). The Hall–Kier alpha value is -0.460. The van der Waals surface area contributed by atoms with E-state index in [-0.39, 0.29) is 5.91 Å². The maximum absolute atomic E-state index is 13.1. The van der Waals surface area contributed by atoms with Crippen molar-refractivity contribution in [2.24, 2.45) is 0 Å². The summed E-state index contributed by atoms with van der Waals surface area (Å²) < 4.78 is 0.767. The van der Waals surface area contributed by atoms with Gasteiger partial charge in [0.2, 0.25) is 0 Å². The molecule has 2 heterocycles. The molecule has 0 aromatic carbocycles. The Bertz CT molecular complexity index is 619. The average molecular weight is 367 g/mol. The highest BCUT2D eigenvalue weighted by Gasteiger charge is 2.42. The molecule has 0 atom stereocenters. The van der Waals surface area contributed by atoms with Crippen LogP contribution in [0.4, 0.5) is 0 Å². The summed E-state index contributed by atoms with van der Waals surface area (Å²) in [6, 6.07) is 0.327. The summed E-state index contributed by atoms with van der Waals surface area (Å²) in [6.45, 7) is 0. The molecule has 2 fully saturated rings. The molecule has 1 amide bonds. The molecular formula is C17H22N2OS3. The van der Waals surface area contributed by atoms with E-state index in [1.54, 1.807) is 0 Å². The van der Waals surface area contributed by atoms with Crippen LogP contribution < -0.4 is 0 Å². The van der Waals surface area contributed by atoms with Gasteiger partial charge >= 0.3 is 0 Å². The fraction of sp³-hybridized carbons (Fsp3) is 0.647. The summed E-state index contributed by atoms with van der Waals surface area (Å²) in [6.07, 6.45) is 10.8. The summed E-state index contributed by atoms with van der Waals surface area (Å²) in [5.41, 5.74) is 1.43. The summed E-state index contributed by atoms with van der Waals surface area (Å²) in [5.74, 6) is 0.154. The van der Waals surface area contributed by atoms with E-state index in [1.807, 2.05) is 16.7 Å². The van der Waals surface area contributed by atoms with Gasteiger partial charge < -0.3 is 4.90 Å². The van der Waals surface area contributed by atoms with Crippen molar-refractivity contribution >= 4 is 46.0 Å². The molecule has 6 heteroatoms. The molecule has 1 saturated carbocycles. The second-order valence-corrected chi connectivity index (χ2v) is 9.44. The zero-order chi connectivity index (χ0) is 16.0. The van der Waals surface area contributed by atoms with Crippen molar-refractivity contribution in [2.75, 3.05) is 7.05 Å². The monoisotopic (exact) mass is 366 g/mol. The first-order valence-corrected chi connectivity index (χ1v) is 10.6. The van der Waals surface area contributed by atoms with E-state index < -0.39 is 0 Å². The van der Waals surface area contributed by atoms with Crippen molar-refractivity contribution in [3.05, 3.63) is 20.5 Å². The number of carbonyl (C=O) groups excluding carboxylic acids is 1. The van der Waals surface area contributed by atoms with E-state index in [4.69, 9.17) is 12.2 Å². The van der Waals surface area contributed by atoms with Gasteiger partial charge in [0.05, 0.1) is 5.03 Å². The Morgan fingerprint density at radius 2 is 1.78 bits per heavy atom. The summed E-state index contributed by atoms with van der Waals surface area (Å²) in [7, 11) is 2.11. The number of rotatable bonds is 1. The van der Waals surface area contributed by atoms with Crippen molar-refractivity contribution < 1.29 is 4.79 Å². The first-order valence-electron chi connectivity index (χ1n) is 8.60. The van der Waals surface area contributed by atoms with Crippen LogP contribution >= 0.6 is 35.7 Å². The maximum atomic E-state index is 13.1. The van der Waals surface area contributed by atoms with Crippen LogP contribution in [0.25, 0.3) is 0 Å². The molecule has 0 N–H and O–H groups in total. The van der Waals surface area contributed by atoms with Crippen LogP contribution in [-0.2, 0) is 4.79 Å². The number of thioether (sulfide) groups is 2. The van der Waals surface area contributed by atoms with Gasteiger partial charge in [-0.3, -0.25) is 9.69 Å². The van der Waals surface area contributed by atoms with Gasteiger partial charge in [-0.1, -0.05) is 55.0 Å². The number of hydrogen-bond donors (Lipinski definition) is 0. The molecule has 0 spiro atoms. The lowest BCUT2D eigenvalue weighted by atomic mass is 9.94. The molecule has 0 radical (unpaired) electrons. The molecule has 4 aliphatic rings. The molecule has 23 heavy (non-hydrogen) atoms.